The van der Waals surface area contributed by atoms with E-state index < -0.39 is 29.8 Å². The first-order chi connectivity index (χ1) is 16.4. The molecular formula is C25H27FN4O4. The third-order valence-electron chi connectivity index (χ3n) is 6.57. The minimum Gasteiger partial charge on any atom is -0.380 e. The van der Waals surface area contributed by atoms with Crippen molar-refractivity contribution in [2.75, 3.05) is 24.5 Å². The SMILES string of the molecule is N#Cc1ccc(F)cc1N1CCC(CNC(=O)[C@H](O)[C@@H](O)C(=O)N2Cc3ccccc3C2)CC1. The predicted octanol–water partition coefficient (Wildman–Crippen LogP) is 1.29. The second-order valence-corrected chi connectivity index (χ2v) is 8.80. The number of hydrogen-bond acceptors (Lipinski definition) is 6. The molecule has 0 saturated carbocycles. The molecule has 2 heterocycles. The van der Waals surface area contributed by atoms with E-state index in [0.29, 0.717) is 50.3 Å². The van der Waals surface area contributed by atoms with Crippen LogP contribution in [0.3, 0.4) is 0 Å². The fourth-order valence-corrected chi connectivity index (χ4v) is 4.54. The van der Waals surface area contributed by atoms with Crippen LogP contribution >= 0.6 is 0 Å². The molecule has 178 valence electrons. The van der Waals surface area contributed by atoms with E-state index in [9.17, 15) is 29.5 Å². The first-order valence-corrected chi connectivity index (χ1v) is 11.3. The van der Waals surface area contributed by atoms with Crippen LogP contribution in [0.15, 0.2) is 42.5 Å². The van der Waals surface area contributed by atoms with Crippen LogP contribution in [0.2, 0.25) is 0 Å². The molecule has 0 aromatic heterocycles. The molecule has 0 aliphatic carbocycles. The third kappa shape index (κ3) is 5.03. The van der Waals surface area contributed by atoms with E-state index >= 15 is 0 Å². The maximum Gasteiger partial charge on any atom is 0.255 e. The largest absolute Gasteiger partial charge is 0.380 e. The molecule has 2 aliphatic heterocycles. The Hall–Kier alpha value is -3.48. The summed E-state index contributed by atoms with van der Waals surface area (Å²) in [5.74, 6) is -1.76. The molecule has 2 aromatic carbocycles. The molecule has 1 saturated heterocycles. The number of aliphatic hydroxyl groups excluding tert-OH is 2. The number of benzene rings is 2. The maximum absolute atomic E-state index is 13.6. The smallest absolute Gasteiger partial charge is 0.255 e. The fraction of sp³-hybridized carbons (Fsp3) is 0.400. The van der Waals surface area contributed by atoms with Crippen molar-refractivity contribution in [3.8, 4) is 6.07 Å². The second-order valence-electron chi connectivity index (χ2n) is 8.80. The van der Waals surface area contributed by atoms with E-state index in [1.165, 1.54) is 23.1 Å². The Kier molecular flexibility index (Phi) is 7.10. The molecule has 0 unspecified atom stereocenters. The maximum atomic E-state index is 13.6. The van der Waals surface area contributed by atoms with Gasteiger partial charge in [-0.05, 0) is 48.1 Å². The van der Waals surface area contributed by atoms with Crippen molar-refractivity contribution in [3.05, 3.63) is 65.0 Å². The summed E-state index contributed by atoms with van der Waals surface area (Å²) < 4.78 is 13.6. The number of aliphatic hydroxyl groups is 2. The standard InChI is InChI=1S/C25H27FN4O4/c26-20-6-5-17(12-27)21(11-20)29-9-7-16(8-10-29)13-28-24(33)22(31)23(32)25(34)30-14-18-3-1-2-4-19(18)15-30/h1-6,11,16,22-23,31-32H,7-10,13-15H2,(H,28,33)/t22-,23-/m1/s1. The summed E-state index contributed by atoms with van der Waals surface area (Å²) in [6, 6.07) is 13.7. The van der Waals surface area contributed by atoms with Crippen LogP contribution in [-0.2, 0) is 22.7 Å². The molecular weight excluding hydrogens is 439 g/mol. The Balaban J connectivity index is 1.24. The van der Waals surface area contributed by atoms with E-state index in [-0.39, 0.29) is 12.5 Å². The van der Waals surface area contributed by atoms with Crippen molar-refractivity contribution in [1.29, 1.82) is 5.26 Å². The normalized spacial score (nSPS) is 17.6. The highest BCUT2D eigenvalue weighted by Crippen LogP contribution is 2.27. The summed E-state index contributed by atoms with van der Waals surface area (Å²) in [5, 5.41) is 32.5. The van der Waals surface area contributed by atoms with Gasteiger partial charge in [0.1, 0.15) is 11.9 Å². The lowest BCUT2D eigenvalue weighted by molar-refractivity contribution is -0.153. The van der Waals surface area contributed by atoms with Crippen LogP contribution in [-0.4, -0.2) is 58.8 Å². The monoisotopic (exact) mass is 466 g/mol. The molecule has 34 heavy (non-hydrogen) atoms. The van der Waals surface area contributed by atoms with Crippen molar-refractivity contribution in [2.24, 2.45) is 5.92 Å². The molecule has 8 nitrogen and oxygen atoms in total. The number of amides is 2. The number of nitrogens with zero attached hydrogens (tertiary/aromatic N) is 3. The van der Waals surface area contributed by atoms with Gasteiger partial charge in [-0.3, -0.25) is 9.59 Å². The van der Waals surface area contributed by atoms with E-state index in [2.05, 4.69) is 11.4 Å². The van der Waals surface area contributed by atoms with Gasteiger partial charge in [0.05, 0.1) is 11.3 Å². The highest BCUT2D eigenvalue weighted by atomic mass is 19.1. The number of fused-ring (bicyclic) bond motifs is 1. The Morgan fingerprint density at radius 3 is 2.35 bits per heavy atom. The van der Waals surface area contributed by atoms with E-state index in [1.807, 2.05) is 29.2 Å². The zero-order valence-corrected chi connectivity index (χ0v) is 18.7. The quantitative estimate of drug-likeness (QED) is 0.591. The van der Waals surface area contributed by atoms with Crippen molar-refractivity contribution in [2.45, 2.75) is 38.1 Å². The molecule has 1 fully saturated rings. The van der Waals surface area contributed by atoms with Crippen LogP contribution in [0.1, 0.15) is 29.5 Å². The summed E-state index contributed by atoms with van der Waals surface area (Å²) in [5.41, 5.74) is 2.93. The van der Waals surface area contributed by atoms with E-state index in [1.54, 1.807) is 0 Å². The van der Waals surface area contributed by atoms with Gasteiger partial charge in [0.2, 0.25) is 0 Å². The molecule has 3 N–H and O–H groups in total. The molecule has 2 aromatic rings. The number of halogens is 1. The van der Waals surface area contributed by atoms with Gasteiger partial charge in [0.15, 0.2) is 12.2 Å². The summed E-state index contributed by atoms with van der Waals surface area (Å²) in [7, 11) is 0. The zero-order valence-electron chi connectivity index (χ0n) is 18.7. The summed E-state index contributed by atoms with van der Waals surface area (Å²) in [6.45, 7) is 2.14. The lowest BCUT2D eigenvalue weighted by Gasteiger charge is -2.34. The van der Waals surface area contributed by atoms with Crippen molar-refractivity contribution >= 4 is 17.5 Å². The van der Waals surface area contributed by atoms with Gasteiger partial charge in [-0.25, -0.2) is 4.39 Å². The molecule has 9 heteroatoms. The first-order valence-electron chi connectivity index (χ1n) is 11.3. The predicted molar refractivity (Wildman–Crippen MR) is 122 cm³/mol. The Labute approximate surface area is 197 Å². The lowest BCUT2D eigenvalue weighted by Crippen LogP contribution is -2.50. The van der Waals surface area contributed by atoms with Gasteiger partial charge in [-0.1, -0.05) is 24.3 Å². The van der Waals surface area contributed by atoms with Gasteiger partial charge >= 0.3 is 0 Å². The van der Waals surface area contributed by atoms with Gasteiger partial charge in [0.25, 0.3) is 11.8 Å². The van der Waals surface area contributed by atoms with Crippen LogP contribution in [0.5, 0.6) is 0 Å². The summed E-state index contributed by atoms with van der Waals surface area (Å²) >= 11 is 0. The number of carbonyl (C=O) groups excluding carboxylic acids is 2. The number of piperidine rings is 1. The number of anilines is 1. The molecule has 2 aliphatic rings. The highest BCUT2D eigenvalue weighted by Gasteiger charge is 2.35. The highest BCUT2D eigenvalue weighted by molar-refractivity contribution is 5.91. The third-order valence-corrected chi connectivity index (χ3v) is 6.57. The van der Waals surface area contributed by atoms with Gasteiger partial charge in [-0.15, -0.1) is 0 Å². The zero-order chi connectivity index (χ0) is 24.2. The van der Waals surface area contributed by atoms with Gasteiger partial charge in [-0.2, -0.15) is 5.26 Å². The number of nitrogens with one attached hydrogen (secondary N) is 1. The average Bonchev–Trinajstić information content (AvgIpc) is 3.30. The van der Waals surface area contributed by atoms with Crippen LogP contribution < -0.4 is 10.2 Å². The molecule has 0 spiro atoms. The fourth-order valence-electron chi connectivity index (χ4n) is 4.54. The van der Waals surface area contributed by atoms with Crippen molar-refractivity contribution < 1.29 is 24.2 Å². The summed E-state index contributed by atoms with van der Waals surface area (Å²) in [6.07, 6.45) is -2.30. The Morgan fingerprint density at radius 2 is 1.74 bits per heavy atom. The van der Waals surface area contributed by atoms with E-state index in [0.717, 1.165) is 11.1 Å². The van der Waals surface area contributed by atoms with Crippen molar-refractivity contribution in [3.63, 3.8) is 0 Å². The number of carbonyl (C=O) groups is 2. The molecule has 4 rings (SSSR count). The number of rotatable bonds is 6. The van der Waals surface area contributed by atoms with Crippen LogP contribution in [0, 0.1) is 23.1 Å². The molecule has 2 amide bonds. The minimum absolute atomic E-state index is 0.118. The van der Waals surface area contributed by atoms with Gasteiger partial charge in [0, 0.05) is 32.7 Å². The molecule has 0 radical (unpaired) electrons. The number of hydrogen-bond donors (Lipinski definition) is 3. The number of nitriles is 1. The first kappa shape index (κ1) is 23.7. The average molecular weight is 467 g/mol. The Bertz CT molecular complexity index is 1090. The topological polar surface area (TPSA) is 117 Å². The van der Waals surface area contributed by atoms with Crippen LogP contribution in [0.25, 0.3) is 0 Å². The Morgan fingerprint density at radius 1 is 1.09 bits per heavy atom. The van der Waals surface area contributed by atoms with E-state index in [4.69, 9.17) is 0 Å². The van der Waals surface area contributed by atoms with Crippen molar-refractivity contribution in [1.82, 2.24) is 10.2 Å². The second kappa shape index (κ2) is 10.2. The van der Waals surface area contributed by atoms with Crippen LogP contribution in [0.4, 0.5) is 10.1 Å². The molecule has 2 atom stereocenters. The minimum atomic E-state index is -1.86. The molecule has 0 bridgehead atoms. The summed E-state index contributed by atoms with van der Waals surface area (Å²) in [4.78, 5) is 28.4. The lowest BCUT2D eigenvalue weighted by atomic mass is 9.95. The van der Waals surface area contributed by atoms with Gasteiger partial charge < -0.3 is 25.3 Å².